The van der Waals surface area contributed by atoms with Crippen LogP contribution < -0.4 is 10.1 Å². The highest BCUT2D eigenvalue weighted by Gasteiger charge is 2.35. The predicted molar refractivity (Wildman–Crippen MR) is 89.0 cm³/mol. The minimum Gasteiger partial charge on any atom is -0.506 e. The number of phenols is 1. The van der Waals surface area contributed by atoms with Gasteiger partial charge in [-0.15, -0.1) is 0 Å². The summed E-state index contributed by atoms with van der Waals surface area (Å²) < 4.78 is 6.05. The molecule has 1 aromatic carbocycles. The molecule has 0 amide bonds. The maximum Gasteiger partial charge on any atom is 0.134 e. The van der Waals surface area contributed by atoms with Crippen LogP contribution >= 0.6 is 15.9 Å². The molecule has 118 valence electrons. The van der Waals surface area contributed by atoms with Crippen LogP contribution in [0.4, 0.5) is 0 Å². The van der Waals surface area contributed by atoms with Crippen LogP contribution in [0.15, 0.2) is 16.6 Å². The third-order valence-corrected chi connectivity index (χ3v) is 4.54. The molecule has 1 saturated heterocycles. The monoisotopic (exact) mass is 356 g/mol. The van der Waals surface area contributed by atoms with Gasteiger partial charge in [-0.1, -0.05) is 20.8 Å². The van der Waals surface area contributed by atoms with Gasteiger partial charge < -0.3 is 15.2 Å². The lowest BCUT2D eigenvalue weighted by molar-refractivity contribution is 0.0840. The standard InChI is InChI=1S/C16H25BrN2O2/c1-16(2,3)15(19-7-5-18-6-8-19)12-9-11(21-4)10-13(17)14(12)20/h9-10,15,18,20H,5-8H2,1-4H3/t15-/m1/s1. The Morgan fingerprint density at radius 1 is 1.29 bits per heavy atom. The first-order valence-electron chi connectivity index (χ1n) is 7.35. The SMILES string of the molecule is COc1cc(Br)c(O)c([C@@H](N2CCNCC2)C(C)(C)C)c1. The van der Waals surface area contributed by atoms with Crippen molar-refractivity contribution in [2.45, 2.75) is 26.8 Å². The normalized spacial score (nSPS) is 18.5. The highest BCUT2D eigenvalue weighted by Crippen LogP contribution is 2.45. The molecule has 0 aliphatic carbocycles. The van der Waals surface area contributed by atoms with E-state index in [2.05, 4.69) is 46.9 Å². The predicted octanol–water partition coefficient (Wildman–Crippen LogP) is 3.16. The maximum absolute atomic E-state index is 10.5. The third-order valence-electron chi connectivity index (χ3n) is 3.93. The Morgan fingerprint density at radius 2 is 1.90 bits per heavy atom. The molecule has 0 spiro atoms. The zero-order valence-electron chi connectivity index (χ0n) is 13.2. The second-order valence-corrected chi connectivity index (χ2v) is 7.46. The summed E-state index contributed by atoms with van der Waals surface area (Å²) in [6.07, 6.45) is 0. The van der Waals surface area contributed by atoms with Gasteiger partial charge in [-0.3, -0.25) is 4.90 Å². The molecule has 1 heterocycles. The van der Waals surface area contributed by atoms with E-state index < -0.39 is 0 Å². The van der Waals surface area contributed by atoms with Crippen LogP contribution in [0.2, 0.25) is 0 Å². The van der Waals surface area contributed by atoms with Crippen LogP contribution in [-0.2, 0) is 0 Å². The first kappa shape index (κ1) is 16.6. The number of rotatable bonds is 3. The summed E-state index contributed by atoms with van der Waals surface area (Å²) in [5.41, 5.74) is 0.941. The number of nitrogens with zero attached hydrogens (tertiary/aromatic N) is 1. The summed E-state index contributed by atoms with van der Waals surface area (Å²) in [7, 11) is 1.65. The van der Waals surface area contributed by atoms with E-state index in [4.69, 9.17) is 4.74 Å². The second kappa shape index (κ2) is 6.55. The van der Waals surface area contributed by atoms with E-state index >= 15 is 0 Å². The number of phenolic OH excluding ortho intramolecular Hbond substituents is 1. The molecule has 1 atom stereocenters. The Kier molecular flexibility index (Phi) is 5.17. The van der Waals surface area contributed by atoms with Gasteiger partial charge in [0.2, 0.25) is 0 Å². The molecular weight excluding hydrogens is 332 g/mol. The number of benzene rings is 1. The topological polar surface area (TPSA) is 44.7 Å². The summed E-state index contributed by atoms with van der Waals surface area (Å²) >= 11 is 3.44. The first-order chi connectivity index (χ1) is 9.84. The quantitative estimate of drug-likeness (QED) is 0.872. The van der Waals surface area contributed by atoms with Crippen molar-refractivity contribution < 1.29 is 9.84 Å². The molecular formula is C16H25BrN2O2. The fourth-order valence-electron chi connectivity index (χ4n) is 3.07. The molecule has 1 fully saturated rings. The highest BCUT2D eigenvalue weighted by atomic mass is 79.9. The Bertz CT molecular complexity index is 494. The molecule has 1 aromatic rings. The van der Waals surface area contributed by atoms with Crippen molar-refractivity contribution >= 4 is 15.9 Å². The third kappa shape index (κ3) is 3.71. The van der Waals surface area contributed by atoms with Gasteiger partial charge in [0.05, 0.1) is 11.6 Å². The Morgan fingerprint density at radius 3 is 2.43 bits per heavy atom. The number of methoxy groups -OCH3 is 1. The van der Waals surface area contributed by atoms with Crippen LogP contribution in [-0.4, -0.2) is 43.3 Å². The van der Waals surface area contributed by atoms with Gasteiger partial charge in [0.25, 0.3) is 0 Å². The minimum absolute atomic E-state index is 0.0145. The number of hydrogen-bond donors (Lipinski definition) is 2. The molecule has 4 nitrogen and oxygen atoms in total. The van der Waals surface area contributed by atoms with E-state index in [-0.39, 0.29) is 11.5 Å². The lowest BCUT2D eigenvalue weighted by atomic mass is 9.80. The number of hydrogen-bond acceptors (Lipinski definition) is 4. The molecule has 21 heavy (non-hydrogen) atoms. The summed E-state index contributed by atoms with van der Waals surface area (Å²) in [5.74, 6) is 1.08. The summed E-state index contributed by atoms with van der Waals surface area (Å²) in [5, 5.41) is 13.9. The van der Waals surface area contributed by atoms with Crippen molar-refractivity contribution in [3.05, 3.63) is 22.2 Å². The number of nitrogens with one attached hydrogen (secondary N) is 1. The molecule has 0 unspecified atom stereocenters. The molecule has 2 rings (SSSR count). The number of ether oxygens (including phenoxy) is 1. The Balaban J connectivity index is 2.48. The molecule has 0 radical (unpaired) electrons. The first-order valence-corrected chi connectivity index (χ1v) is 8.15. The lowest BCUT2D eigenvalue weighted by Gasteiger charge is -2.43. The zero-order chi connectivity index (χ0) is 15.6. The fraction of sp³-hybridized carbons (Fsp3) is 0.625. The number of piperazine rings is 1. The van der Waals surface area contributed by atoms with E-state index in [9.17, 15) is 5.11 Å². The van der Waals surface area contributed by atoms with Crippen molar-refractivity contribution in [2.24, 2.45) is 5.41 Å². The van der Waals surface area contributed by atoms with Gasteiger partial charge in [-0.25, -0.2) is 0 Å². The summed E-state index contributed by atoms with van der Waals surface area (Å²) in [6.45, 7) is 10.6. The number of halogens is 1. The van der Waals surface area contributed by atoms with Gasteiger partial charge in [0.15, 0.2) is 0 Å². The van der Waals surface area contributed by atoms with Gasteiger partial charge in [-0.2, -0.15) is 0 Å². The largest absolute Gasteiger partial charge is 0.506 e. The van der Waals surface area contributed by atoms with E-state index in [1.807, 2.05) is 6.07 Å². The summed E-state index contributed by atoms with van der Waals surface area (Å²) in [6, 6.07) is 3.90. The molecule has 2 N–H and O–H groups in total. The molecule has 1 aliphatic heterocycles. The van der Waals surface area contributed by atoms with Crippen LogP contribution in [0.1, 0.15) is 32.4 Å². The van der Waals surface area contributed by atoms with Crippen LogP contribution in [0.25, 0.3) is 0 Å². The minimum atomic E-state index is 0.0145. The average molecular weight is 357 g/mol. The smallest absolute Gasteiger partial charge is 0.134 e. The second-order valence-electron chi connectivity index (χ2n) is 6.60. The highest BCUT2D eigenvalue weighted by molar-refractivity contribution is 9.10. The zero-order valence-corrected chi connectivity index (χ0v) is 14.8. The molecule has 0 aromatic heterocycles. The number of aromatic hydroxyl groups is 1. The van der Waals surface area contributed by atoms with Gasteiger partial charge in [0, 0.05) is 37.8 Å². The van der Waals surface area contributed by atoms with E-state index in [0.717, 1.165) is 37.5 Å². The molecule has 0 bridgehead atoms. The molecule has 1 aliphatic rings. The average Bonchev–Trinajstić information content (AvgIpc) is 2.43. The Labute approximate surface area is 135 Å². The lowest BCUT2D eigenvalue weighted by Crippen LogP contribution is -2.48. The van der Waals surface area contributed by atoms with E-state index in [1.165, 1.54) is 0 Å². The van der Waals surface area contributed by atoms with Gasteiger partial charge >= 0.3 is 0 Å². The van der Waals surface area contributed by atoms with Crippen LogP contribution in [0.3, 0.4) is 0 Å². The van der Waals surface area contributed by atoms with Gasteiger partial charge in [0.1, 0.15) is 11.5 Å². The van der Waals surface area contributed by atoms with Crippen LogP contribution in [0.5, 0.6) is 11.5 Å². The van der Waals surface area contributed by atoms with Crippen molar-refractivity contribution in [2.75, 3.05) is 33.3 Å². The Hall–Kier alpha value is -0.780. The van der Waals surface area contributed by atoms with E-state index in [0.29, 0.717) is 10.2 Å². The van der Waals surface area contributed by atoms with Crippen molar-refractivity contribution in [3.8, 4) is 11.5 Å². The van der Waals surface area contributed by atoms with Crippen molar-refractivity contribution in [1.82, 2.24) is 10.2 Å². The van der Waals surface area contributed by atoms with E-state index in [1.54, 1.807) is 13.2 Å². The molecule has 0 saturated carbocycles. The maximum atomic E-state index is 10.5. The van der Waals surface area contributed by atoms with Crippen molar-refractivity contribution in [3.63, 3.8) is 0 Å². The van der Waals surface area contributed by atoms with Crippen LogP contribution in [0, 0.1) is 5.41 Å². The van der Waals surface area contributed by atoms with Crippen molar-refractivity contribution in [1.29, 1.82) is 0 Å². The fourth-order valence-corrected chi connectivity index (χ4v) is 3.53. The summed E-state index contributed by atoms with van der Waals surface area (Å²) in [4.78, 5) is 2.44. The molecule has 5 heteroatoms. The van der Waals surface area contributed by atoms with Gasteiger partial charge in [-0.05, 0) is 33.5 Å².